The molecule has 4 heteroatoms. The third kappa shape index (κ3) is 3.07. The third-order valence-electron chi connectivity index (χ3n) is 3.77. The van der Waals surface area contributed by atoms with Gasteiger partial charge in [0, 0.05) is 32.2 Å². The maximum atomic E-state index is 5.63. The van der Waals surface area contributed by atoms with Gasteiger partial charge in [0.05, 0.1) is 11.4 Å². The second-order valence-electron chi connectivity index (χ2n) is 5.53. The number of likely N-dealkylation sites (N-methyl/N-ethyl adjacent to an activating group) is 1. The molecule has 0 bridgehead atoms. The van der Waals surface area contributed by atoms with Crippen molar-refractivity contribution in [2.24, 2.45) is 11.7 Å². The van der Waals surface area contributed by atoms with Crippen molar-refractivity contribution in [3.8, 4) is 0 Å². The Labute approximate surface area is 110 Å². The van der Waals surface area contributed by atoms with E-state index in [-0.39, 0.29) is 0 Å². The van der Waals surface area contributed by atoms with Crippen LogP contribution in [0, 0.1) is 5.92 Å². The largest absolute Gasteiger partial charge is 0.325 e. The summed E-state index contributed by atoms with van der Waals surface area (Å²) in [6.45, 7) is 6.06. The van der Waals surface area contributed by atoms with Crippen molar-refractivity contribution in [3.63, 3.8) is 0 Å². The molecule has 1 aromatic rings. The minimum Gasteiger partial charge on any atom is -0.325 e. The van der Waals surface area contributed by atoms with Crippen LogP contribution in [0.3, 0.4) is 0 Å². The minimum atomic E-state index is 0.518. The van der Waals surface area contributed by atoms with Crippen LogP contribution in [0.1, 0.15) is 18.3 Å². The standard InChI is InChI=1S/C14H24N4/c1-11-8-18(10-14(11)17(2)3)9-13-6-4-5-12(7-15)16-13/h4-6,11,14H,7-10,15H2,1-3H3. The van der Waals surface area contributed by atoms with Gasteiger partial charge in [0.15, 0.2) is 0 Å². The first-order valence-electron chi connectivity index (χ1n) is 6.64. The van der Waals surface area contributed by atoms with Crippen LogP contribution in [0.4, 0.5) is 0 Å². The number of hydrogen-bond donors (Lipinski definition) is 1. The van der Waals surface area contributed by atoms with Crippen molar-refractivity contribution in [1.29, 1.82) is 0 Å². The zero-order valence-electron chi connectivity index (χ0n) is 11.6. The highest BCUT2D eigenvalue weighted by atomic mass is 15.2. The molecule has 100 valence electrons. The second kappa shape index (κ2) is 5.78. The summed E-state index contributed by atoms with van der Waals surface area (Å²) >= 11 is 0. The number of nitrogens with zero attached hydrogens (tertiary/aromatic N) is 3. The van der Waals surface area contributed by atoms with Crippen LogP contribution in [0.2, 0.25) is 0 Å². The normalized spacial score (nSPS) is 24.9. The number of rotatable bonds is 4. The highest BCUT2D eigenvalue weighted by Gasteiger charge is 2.30. The molecule has 1 saturated heterocycles. The molecular weight excluding hydrogens is 224 g/mol. The molecule has 4 nitrogen and oxygen atoms in total. The topological polar surface area (TPSA) is 45.4 Å². The monoisotopic (exact) mass is 248 g/mol. The molecule has 1 aromatic heterocycles. The lowest BCUT2D eigenvalue weighted by Gasteiger charge is -2.22. The van der Waals surface area contributed by atoms with E-state index in [2.05, 4.69) is 41.9 Å². The predicted octanol–water partition coefficient (Wildman–Crippen LogP) is 0.922. The van der Waals surface area contributed by atoms with Gasteiger partial charge in [-0.15, -0.1) is 0 Å². The van der Waals surface area contributed by atoms with Crippen LogP contribution in [0.25, 0.3) is 0 Å². The van der Waals surface area contributed by atoms with Crippen molar-refractivity contribution < 1.29 is 0 Å². The maximum absolute atomic E-state index is 5.63. The molecule has 2 unspecified atom stereocenters. The molecule has 2 heterocycles. The van der Waals surface area contributed by atoms with Crippen LogP contribution in [-0.4, -0.2) is 48.0 Å². The molecule has 2 rings (SSSR count). The molecule has 0 spiro atoms. The fourth-order valence-electron chi connectivity index (χ4n) is 2.81. The average molecular weight is 248 g/mol. The predicted molar refractivity (Wildman–Crippen MR) is 74.0 cm³/mol. The summed E-state index contributed by atoms with van der Waals surface area (Å²) in [5.41, 5.74) is 7.73. The van der Waals surface area contributed by atoms with Gasteiger partial charge in [-0.25, -0.2) is 0 Å². The van der Waals surface area contributed by atoms with Crippen LogP contribution in [-0.2, 0) is 13.1 Å². The van der Waals surface area contributed by atoms with E-state index in [1.807, 2.05) is 12.1 Å². The van der Waals surface area contributed by atoms with E-state index in [9.17, 15) is 0 Å². The van der Waals surface area contributed by atoms with Gasteiger partial charge in [0.2, 0.25) is 0 Å². The fourth-order valence-corrected chi connectivity index (χ4v) is 2.81. The fraction of sp³-hybridized carbons (Fsp3) is 0.643. The van der Waals surface area contributed by atoms with Crippen LogP contribution < -0.4 is 5.73 Å². The van der Waals surface area contributed by atoms with Gasteiger partial charge in [-0.2, -0.15) is 0 Å². The third-order valence-corrected chi connectivity index (χ3v) is 3.77. The molecule has 0 aromatic carbocycles. The van der Waals surface area contributed by atoms with E-state index in [0.29, 0.717) is 12.6 Å². The summed E-state index contributed by atoms with van der Waals surface area (Å²) in [4.78, 5) is 9.38. The summed E-state index contributed by atoms with van der Waals surface area (Å²) in [5.74, 6) is 0.720. The number of pyridine rings is 1. The van der Waals surface area contributed by atoms with E-state index in [1.54, 1.807) is 0 Å². The van der Waals surface area contributed by atoms with E-state index < -0.39 is 0 Å². The summed E-state index contributed by atoms with van der Waals surface area (Å²) in [7, 11) is 4.33. The summed E-state index contributed by atoms with van der Waals surface area (Å²) in [5, 5.41) is 0. The van der Waals surface area contributed by atoms with Crippen molar-refractivity contribution in [2.45, 2.75) is 26.1 Å². The molecule has 2 atom stereocenters. The highest BCUT2D eigenvalue weighted by Crippen LogP contribution is 2.21. The Balaban J connectivity index is 1.98. The van der Waals surface area contributed by atoms with Gasteiger partial charge in [-0.1, -0.05) is 13.0 Å². The summed E-state index contributed by atoms with van der Waals surface area (Å²) in [6.07, 6.45) is 0. The van der Waals surface area contributed by atoms with Crippen LogP contribution in [0.15, 0.2) is 18.2 Å². The van der Waals surface area contributed by atoms with E-state index >= 15 is 0 Å². The summed E-state index contributed by atoms with van der Waals surface area (Å²) < 4.78 is 0. The number of likely N-dealkylation sites (tertiary alicyclic amines) is 1. The number of aromatic nitrogens is 1. The zero-order valence-corrected chi connectivity index (χ0v) is 11.6. The first-order chi connectivity index (χ1) is 8.60. The van der Waals surface area contributed by atoms with Crippen molar-refractivity contribution >= 4 is 0 Å². The Morgan fingerprint density at radius 3 is 2.67 bits per heavy atom. The molecule has 0 amide bonds. The van der Waals surface area contributed by atoms with E-state index in [4.69, 9.17) is 5.73 Å². The molecule has 1 aliphatic heterocycles. The smallest absolute Gasteiger partial charge is 0.0547 e. The molecular formula is C14H24N4. The molecule has 1 fully saturated rings. The van der Waals surface area contributed by atoms with Crippen LogP contribution >= 0.6 is 0 Å². The Morgan fingerprint density at radius 1 is 1.33 bits per heavy atom. The first-order valence-corrected chi connectivity index (χ1v) is 6.64. The molecule has 0 saturated carbocycles. The Bertz CT molecular complexity index is 391. The van der Waals surface area contributed by atoms with Gasteiger partial charge in [0.1, 0.15) is 0 Å². The van der Waals surface area contributed by atoms with Gasteiger partial charge in [0.25, 0.3) is 0 Å². The lowest BCUT2D eigenvalue weighted by molar-refractivity contribution is 0.249. The molecule has 0 aliphatic carbocycles. The quantitative estimate of drug-likeness (QED) is 0.861. The van der Waals surface area contributed by atoms with E-state index in [0.717, 1.165) is 36.9 Å². The van der Waals surface area contributed by atoms with E-state index in [1.165, 1.54) is 0 Å². The van der Waals surface area contributed by atoms with Gasteiger partial charge in [-0.3, -0.25) is 9.88 Å². The highest BCUT2D eigenvalue weighted by molar-refractivity contribution is 5.11. The molecule has 1 aliphatic rings. The van der Waals surface area contributed by atoms with Gasteiger partial charge < -0.3 is 10.6 Å². The Morgan fingerprint density at radius 2 is 2.06 bits per heavy atom. The zero-order chi connectivity index (χ0) is 13.1. The summed E-state index contributed by atoms with van der Waals surface area (Å²) in [6, 6.07) is 6.78. The number of hydrogen-bond acceptors (Lipinski definition) is 4. The Kier molecular flexibility index (Phi) is 4.32. The second-order valence-corrected chi connectivity index (χ2v) is 5.53. The van der Waals surface area contributed by atoms with Gasteiger partial charge >= 0.3 is 0 Å². The number of nitrogens with two attached hydrogens (primary N) is 1. The van der Waals surface area contributed by atoms with Gasteiger partial charge in [-0.05, 0) is 32.1 Å². The van der Waals surface area contributed by atoms with Crippen molar-refractivity contribution in [1.82, 2.24) is 14.8 Å². The lowest BCUT2D eigenvalue weighted by Crippen LogP contribution is -2.34. The van der Waals surface area contributed by atoms with Crippen molar-refractivity contribution in [3.05, 3.63) is 29.6 Å². The minimum absolute atomic E-state index is 0.518. The lowest BCUT2D eigenvalue weighted by atomic mass is 10.1. The first kappa shape index (κ1) is 13.5. The molecule has 2 N–H and O–H groups in total. The Hall–Kier alpha value is -0.970. The maximum Gasteiger partial charge on any atom is 0.0547 e. The van der Waals surface area contributed by atoms with Crippen LogP contribution in [0.5, 0.6) is 0 Å². The SMILES string of the molecule is CC1CN(Cc2cccc(CN)n2)CC1N(C)C. The molecule has 18 heavy (non-hydrogen) atoms. The molecule has 0 radical (unpaired) electrons. The van der Waals surface area contributed by atoms with Crippen molar-refractivity contribution in [2.75, 3.05) is 27.2 Å². The average Bonchev–Trinajstić information content (AvgIpc) is 2.70.